The summed E-state index contributed by atoms with van der Waals surface area (Å²) in [6.07, 6.45) is 0. The van der Waals surface area contributed by atoms with Crippen molar-refractivity contribution in [3.05, 3.63) is 23.8 Å². The molecule has 0 aliphatic rings. The molecule has 1 unspecified atom stereocenters. The largest absolute Gasteiger partial charge is 0.497 e. The fourth-order valence-corrected chi connectivity index (χ4v) is 1.56. The third kappa shape index (κ3) is 2.87. The van der Waals surface area contributed by atoms with Crippen molar-refractivity contribution >= 4 is 0 Å². The molecule has 1 atom stereocenters. The van der Waals surface area contributed by atoms with Crippen LogP contribution < -0.4 is 14.8 Å². The Kier molecular flexibility index (Phi) is 4.15. The van der Waals surface area contributed by atoms with E-state index in [1.807, 2.05) is 0 Å². The van der Waals surface area contributed by atoms with Crippen molar-refractivity contribution in [3.8, 4) is 11.5 Å². The normalized spacial score (nSPS) is 14.3. The number of hydrogen-bond acceptors (Lipinski definition) is 4. The summed E-state index contributed by atoms with van der Waals surface area (Å²) < 4.78 is 10.3. The summed E-state index contributed by atoms with van der Waals surface area (Å²) in [7, 11) is 4.97. The Bertz CT molecular complexity index is 328. The summed E-state index contributed by atoms with van der Waals surface area (Å²) in [5, 5.41) is 13.2. The molecule has 0 spiro atoms. The van der Waals surface area contributed by atoms with Crippen molar-refractivity contribution < 1.29 is 14.6 Å². The Morgan fingerprint density at radius 3 is 2.06 bits per heavy atom. The summed E-state index contributed by atoms with van der Waals surface area (Å²) >= 11 is 0. The molecule has 4 nitrogen and oxygen atoms in total. The van der Waals surface area contributed by atoms with Gasteiger partial charge in [0, 0.05) is 12.6 Å². The lowest BCUT2D eigenvalue weighted by molar-refractivity contribution is 0.0587. The molecule has 0 radical (unpaired) electrons. The van der Waals surface area contributed by atoms with Crippen LogP contribution >= 0.6 is 0 Å². The molecule has 90 valence electrons. The quantitative estimate of drug-likeness (QED) is 0.788. The third-order valence-corrected chi connectivity index (χ3v) is 2.49. The Balaban J connectivity index is 3.11. The summed E-state index contributed by atoms with van der Waals surface area (Å²) in [5.41, 5.74) is -0.186. The first-order valence-corrected chi connectivity index (χ1v) is 5.14. The minimum absolute atomic E-state index is 0.462. The van der Waals surface area contributed by atoms with Crippen molar-refractivity contribution in [2.75, 3.05) is 27.8 Å². The summed E-state index contributed by atoms with van der Waals surface area (Å²) in [6, 6.07) is 5.39. The van der Waals surface area contributed by atoms with Crippen LogP contribution in [0.25, 0.3) is 0 Å². The number of likely N-dealkylation sites (N-methyl/N-ethyl adjacent to an activating group) is 1. The third-order valence-electron chi connectivity index (χ3n) is 2.49. The second-order valence-electron chi connectivity index (χ2n) is 3.91. The first-order chi connectivity index (χ1) is 7.53. The molecule has 2 N–H and O–H groups in total. The molecule has 0 saturated heterocycles. The van der Waals surface area contributed by atoms with Gasteiger partial charge in [-0.05, 0) is 31.7 Å². The lowest BCUT2D eigenvalue weighted by Crippen LogP contribution is -2.33. The van der Waals surface area contributed by atoms with Crippen molar-refractivity contribution in [1.29, 1.82) is 0 Å². The van der Waals surface area contributed by atoms with Gasteiger partial charge in [0.05, 0.1) is 19.8 Å². The van der Waals surface area contributed by atoms with Gasteiger partial charge in [0.25, 0.3) is 0 Å². The average Bonchev–Trinajstić information content (AvgIpc) is 2.28. The van der Waals surface area contributed by atoms with Crippen molar-refractivity contribution in [3.63, 3.8) is 0 Å². The van der Waals surface area contributed by atoms with Crippen LogP contribution in [-0.4, -0.2) is 32.9 Å². The highest BCUT2D eigenvalue weighted by molar-refractivity contribution is 5.40. The predicted octanol–water partition coefficient (Wildman–Crippen LogP) is 1.13. The molecule has 1 rings (SSSR count). The molecule has 0 heterocycles. The highest BCUT2D eigenvalue weighted by Crippen LogP contribution is 2.29. The molecule has 0 aliphatic carbocycles. The van der Waals surface area contributed by atoms with Crippen LogP contribution in [0, 0.1) is 0 Å². The molecule has 1 aromatic carbocycles. The first kappa shape index (κ1) is 12.8. The maximum atomic E-state index is 10.3. The monoisotopic (exact) mass is 225 g/mol. The van der Waals surface area contributed by atoms with E-state index < -0.39 is 5.60 Å². The number of aliphatic hydroxyl groups is 1. The van der Waals surface area contributed by atoms with E-state index in [9.17, 15) is 5.11 Å². The minimum atomic E-state index is -0.948. The van der Waals surface area contributed by atoms with Crippen LogP contribution in [0.3, 0.4) is 0 Å². The van der Waals surface area contributed by atoms with E-state index >= 15 is 0 Å². The topological polar surface area (TPSA) is 50.7 Å². The van der Waals surface area contributed by atoms with Crippen molar-refractivity contribution in [2.45, 2.75) is 12.5 Å². The van der Waals surface area contributed by atoms with Gasteiger partial charge in [0.1, 0.15) is 11.5 Å². The summed E-state index contributed by atoms with van der Waals surface area (Å²) in [6.45, 7) is 2.21. The Morgan fingerprint density at radius 2 is 1.69 bits per heavy atom. The molecule has 0 aromatic heterocycles. The lowest BCUT2D eigenvalue weighted by Gasteiger charge is -2.24. The molecule has 16 heavy (non-hydrogen) atoms. The molecule has 0 bridgehead atoms. The van der Waals surface area contributed by atoms with E-state index in [0.717, 1.165) is 5.56 Å². The van der Waals surface area contributed by atoms with Crippen LogP contribution in [0.4, 0.5) is 0 Å². The Hall–Kier alpha value is -1.26. The van der Waals surface area contributed by atoms with Crippen LogP contribution in [-0.2, 0) is 5.60 Å². The van der Waals surface area contributed by atoms with Crippen molar-refractivity contribution in [2.24, 2.45) is 0 Å². The van der Waals surface area contributed by atoms with Gasteiger partial charge in [0.2, 0.25) is 0 Å². The number of nitrogens with one attached hydrogen (secondary N) is 1. The molecule has 0 amide bonds. The van der Waals surface area contributed by atoms with Gasteiger partial charge in [-0.15, -0.1) is 0 Å². The fraction of sp³-hybridized carbons (Fsp3) is 0.500. The van der Waals surface area contributed by atoms with Gasteiger partial charge >= 0.3 is 0 Å². The number of ether oxygens (including phenoxy) is 2. The van der Waals surface area contributed by atoms with Gasteiger partial charge in [-0.25, -0.2) is 0 Å². The highest BCUT2D eigenvalue weighted by atomic mass is 16.5. The summed E-state index contributed by atoms with van der Waals surface area (Å²) in [5.74, 6) is 1.34. The average molecular weight is 225 g/mol. The fourth-order valence-electron chi connectivity index (χ4n) is 1.56. The van der Waals surface area contributed by atoms with Gasteiger partial charge in [-0.1, -0.05) is 0 Å². The molecular weight excluding hydrogens is 206 g/mol. The van der Waals surface area contributed by atoms with E-state index in [1.54, 1.807) is 46.4 Å². The van der Waals surface area contributed by atoms with E-state index in [-0.39, 0.29) is 0 Å². The Morgan fingerprint density at radius 1 is 1.19 bits per heavy atom. The first-order valence-electron chi connectivity index (χ1n) is 5.14. The SMILES string of the molecule is CNCC(C)(O)c1cc(OC)cc(OC)c1. The molecule has 0 saturated carbocycles. The second-order valence-corrected chi connectivity index (χ2v) is 3.91. The zero-order valence-corrected chi connectivity index (χ0v) is 10.2. The van der Waals surface area contributed by atoms with Gasteiger partial charge in [-0.3, -0.25) is 0 Å². The van der Waals surface area contributed by atoms with Crippen LogP contribution in [0.2, 0.25) is 0 Å². The molecule has 4 heteroatoms. The van der Waals surface area contributed by atoms with Crippen LogP contribution in [0.15, 0.2) is 18.2 Å². The van der Waals surface area contributed by atoms with Gasteiger partial charge in [-0.2, -0.15) is 0 Å². The minimum Gasteiger partial charge on any atom is -0.497 e. The van der Waals surface area contributed by atoms with Crippen LogP contribution in [0.5, 0.6) is 11.5 Å². The van der Waals surface area contributed by atoms with Crippen LogP contribution in [0.1, 0.15) is 12.5 Å². The van der Waals surface area contributed by atoms with Crippen molar-refractivity contribution in [1.82, 2.24) is 5.32 Å². The van der Waals surface area contributed by atoms with E-state index in [2.05, 4.69) is 5.32 Å². The van der Waals surface area contributed by atoms with E-state index in [4.69, 9.17) is 9.47 Å². The maximum absolute atomic E-state index is 10.3. The zero-order chi connectivity index (χ0) is 12.2. The predicted molar refractivity (Wildman–Crippen MR) is 63.0 cm³/mol. The van der Waals surface area contributed by atoms with Gasteiger partial charge < -0.3 is 19.9 Å². The van der Waals surface area contributed by atoms with E-state index in [0.29, 0.717) is 18.0 Å². The number of methoxy groups -OCH3 is 2. The number of hydrogen-bond donors (Lipinski definition) is 2. The molecular formula is C12H19NO3. The van der Waals surface area contributed by atoms with Gasteiger partial charge in [0.15, 0.2) is 0 Å². The number of rotatable bonds is 5. The Labute approximate surface area is 96.2 Å². The molecule has 1 aromatic rings. The lowest BCUT2D eigenvalue weighted by atomic mass is 9.95. The maximum Gasteiger partial charge on any atom is 0.122 e. The molecule has 0 aliphatic heterocycles. The zero-order valence-electron chi connectivity index (χ0n) is 10.2. The summed E-state index contributed by atoms with van der Waals surface area (Å²) in [4.78, 5) is 0. The smallest absolute Gasteiger partial charge is 0.122 e. The number of benzene rings is 1. The molecule has 0 fully saturated rings. The standard InChI is InChI=1S/C12H19NO3/c1-12(14,8-13-2)9-5-10(15-3)7-11(6-9)16-4/h5-7,13-14H,8H2,1-4H3. The highest BCUT2D eigenvalue weighted by Gasteiger charge is 2.23. The second kappa shape index (κ2) is 5.18. The van der Waals surface area contributed by atoms with E-state index in [1.165, 1.54) is 0 Å².